The van der Waals surface area contributed by atoms with Crippen molar-refractivity contribution in [3.8, 4) is 11.5 Å². The molecule has 0 atom stereocenters. The van der Waals surface area contributed by atoms with Crippen molar-refractivity contribution in [3.05, 3.63) is 79.7 Å². The van der Waals surface area contributed by atoms with Crippen molar-refractivity contribution in [2.75, 3.05) is 50.1 Å². The van der Waals surface area contributed by atoms with Gasteiger partial charge in [-0.15, -0.1) is 0 Å². The van der Waals surface area contributed by atoms with E-state index in [4.69, 9.17) is 33.3 Å². The second-order valence-corrected chi connectivity index (χ2v) is 11.8. The van der Waals surface area contributed by atoms with Crippen LogP contribution in [-0.2, 0) is 0 Å². The van der Waals surface area contributed by atoms with Gasteiger partial charge in [0.1, 0.15) is 11.5 Å². The van der Waals surface area contributed by atoms with Crippen LogP contribution in [0.2, 0.25) is 5.02 Å². The van der Waals surface area contributed by atoms with Crippen molar-refractivity contribution in [2.24, 2.45) is 0 Å². The Labute approximate surface area is 266 Å². The number of anilines is 2. The van der Waals surface area contributed by atoms with Gasteiger partial charge in [-0.3, -0.25) is 14.9 Å². The average molecular weight is 725 g/mol. The smallest absolute Gasteiger partial charge is 0.261 e. The zero-order valence-corrected chi connectivity index (χ0v) is 27.3. The molecule has 0 aliphatic carbocycles. The summed E-state index contributed by atoms with van der Waals surface area (Å²) in [6.45, 7) is 5.15. The highest BCUT2D eigenvalue weighted by Crippen LogP contribution is 2.33. The molecule has 8 nitrogen and oxygen atoms in total. The number of methoxy groups -OCH3 is 1. The highest BCUT2D eigenvalue weighted by Gasteiger charge is 2.24. The summed E-state index contributed by atoms with van der Waals surface area (Å²) in [6.07, 6.45) is 0.932. The Balaban J connectivity index is 1.32. The third-order valence-electron chi connectivity index (χ3n) is 6.37. The first-order valence-corrected chi connectivity index (χ1v) is 15.3. The zero-order valence-electron chi connectivity index (χ0n) is 22.5. The Hall–Kier alpha value is -2.86. The van der Waals surface area contributed by atoms with Crippen LogP contribution >= 0.6 is 55.7 Å². The molecule has 1 aliphatic heterocycles. The minimum absolute atomic E-state index is 0.000680. The lowest BCUT2D eigenvalue weighted by Gasteiger charge is -2.36. The number of piperazine rings is 1. The minimum Gasteiger partial charge on any atom is -0.495 e. The summed E-state index contributed by atoms with van der Waals surface area (Å²) in [5.74, 6) is 0.748. The fourth-order valence-electron chi connectivity index (χ4n) is 4.36. The van der Waals surface area contributed by atoms with Gasteiger partial charge in [-0.05, 0) is 89.2 Å². The topological polar surface area (TPSA) is 83.1 Å². The lowest BCUT2D eigenvalue weighted by molar-refractivity contribution is 0.0746. The van der Waals surface area contributed by atoms with Crippen molar-refractivity contribution in [3.63, 3.8) is 0 Å². The van der Waals surface area contributed by atoms with E-state index in [0.29, 0.717) is 69.3 Å². The van der Waals surface area contributed by atoms with Crippen molar-refractivity contribution < 1.29 is 19.1 Å². The summed E-state index contributed by atoms with van der Waals surface area (Å²) in [4.78, 5) is 29.8. The summed E-state index contributed by atoms with van der Waals surface area (Å²) in [6, 6.07) is 16.2. The highest BCUT2D eigenvalue weighted by molar-refractivity contribution is 9.11. The number of halogens is 3. The van der Waals surface area contributed by atoms with Gasteiger partial charge < -0.3 is 24.6 Å². The van der Waals surface area contributed by atoms with Gasteiger partial charge in [0.15, 0.2) is 5.11 Å². The molecule has 41 heavy (non-hydrogen) atoms. The molecule has 1 fully saturated rings. The van der Waals surface area contributed by atoms with E-state index in [1.54, 1.807) is 18.2 Å². The van der Waals surface area contributed by atoms with Crippen LogP contribution in [0, 0.1) is 0 Å². The number of amides is 2. The molecular weight excluding hydrogens is 696 g/mol. The number of carbonyl (C=O) groups excluding carboxylic acids is 2. The second kappa shape index (κ2) is 14.4. The average Bonchev–Trinajstić information content (AvgIpc) is 2.95. The summed E-state index contributed by atoms with van der Waals surface area (Å²) in [5.41, 5.74) is 2.46. The van der Waals surface area contributed by atoms with Crippen molar-refractivity contribution in [1.29, 1.82) is 0 Å². The van der Waals surface area contributed by atoms with E-state index >= 15 is 0 Å². The normalized spacial score (nSPS) is 13.0. The Kier molecular flexibility index (Phi) is 10.9. The lowest BCUT2D eigenvalue weighted by Crippen LogP contribution is -2.48. The first kappa shape index (κ1) is 31.1. The largest absolute Gasteiger partial charge is 0.495 e. The summed E-state index contributed by atoms with van der Waals surface area (Å²) in [7, 11) is 1.49. The summed E-state index contributed by atoms with van der Waals surface area (Å²) < 4.78 is 12.3. The number of ether oxygens (including phenoxy) is 2. The van der Waals surface area contributed by atoms with E-state index in [-0.39, 0.29) is 11.0 Å². The predicted molar refractivity (Wildman–Crippen MR) is 174 cm³/mol. The molecule has 0 aromatic heterocycles. The number of nitrogens with zero attached hydrogens (tertiary/aromatic N) is 2. The number of hydrogen-bond donors (Lipinski definition) is 2. The molecule has 2 amide bonds. The summed E-state index contributed by atoms with van der Waals surface area (Å²) in [5, 5.41) is 6.33. The molecule has 0 bridgehead atoms. The number of carbonyl (C=O) groups is 2. The number of hydrogen-bond acceptors (Lipinski definition) is 6. The van der Waals surface area contributed by atoms with Gasteiger partial charge in [-0.25, -0.2) is 0 Å². The maximum Gasteiger partial charge on any atom is 0.261 e. The van der Waals surface area contributed by atoms with E-state index in [1.807, 2.05) is 41.3 Å². The molecule has 1 aliphatic rings. The number of nitrogens with one attached hydrogen (secondary N) is 2. The Morgan fingerprint density at radius 1 is 1.02 bits per heavy atom. The van der Waals surface area contributed by atoms with E-state index in [2.05, 4.69) is 54.3 Å². The molecule has 0 radical (unpaired) electrons. The lowest BCUT2D eigenvalue weighted by atomic mass is 10.1. The number of rotatable bonds is 8. The first-order valence-electron chi connectivity index (χ1n) is 12.9. The van der Waals surface area contributed by atoms with Gasteiger partial charge in [0.05, 0.1) is 34.5 Å². The van der Waals surface area contributed by atoms with Gasteiger partial charge in [-0.2, -0.15) is 0 Å². The van der Waals surface area contributed by atoms with Crippen LogP contribution in [-0.4, -0.2) is 61.7 Å². The van der Waals surface area contributed by atoms with Crippen LogP contribution in [0.4, 0.5) is 11.4 Å². The Morgan fingerprint density at radius 3 is 2.37 bits per heavy atom. The van der Waals surface area contributed by atoms with E-state index in [0.717, 1.165) is 17.9 Å². The fourth-order valence-corrected chi connectivity index (χ4v) is 6.25. The van der Waals surface area contributed by atoms with Gasteiger partial charge >= 0.3 is 0 Å². The highest BCUT2D eigenvalue weighted by atomic mass is 79.9. The van der Waals surface area contributed by atoms with Crippen molar-refractivity contribution in [1.82, 2.24) is 10.2 Å². The second-order valence-electron chi connectivity index (χ2n) is 9.19. The quantitative estimate of drug-likeness (QED) is 0.249. The SMILES string of the molecule is CCCOc1ccc(C(=O)N2CCN(c3ccc(NC(=S)NC(=O)c4cc(Br)cc(Br)c4OC)cc3Cl)CC2)cc1. The van der Waals surface area contributed by atoms with E-state index in [1.165, 1.54) is 7.11 Å². The van der Waals surface area contributed by atoms with Crippen LogP contribution in [0.5, 0.6) is 11.5 Å². The van der Waals surface area contributed by atoms with Gasteiger partial charge in [0, 0.05) is 41.9 Å². The first-order chi connectivity index (χ1) is 19.7. The van der Waals surface area contributed by atoms with Crippen molar-refractivity contribution in [2.45, 2.75) is 13.3 Å². The van der Waals surface area contributed by atoms with Crippen LogP contribution in [0.15, 0.2) is 63.5 Å². The van der Waals surface area contributed by atoms with Crippen LogP contribution in [0.3, 0.4) is 0 Å². The third-order valence-corrected chi connectivity index (χ3v) is 7.93. The Morgan fingerprint density at radius 2 is 1.73 bits per heavy atom. The Bertz CT molecular complexity index is 1430. The molecule has 4 rings (SSSR count). The molecular formula is C29H29Br2ClN4O4S. The van der Waals surface area contributed by atoms with Crippen LogP contribution in [0.1, 0.15) is 34.1 Å². The molecule has 12 heteroatoms. The van der Waals surface area contributed by atoms with E-state index in [9.17, 15) is 9.59 Å². The molecule has 1 heterocycles. The minimum atomic E-state index is -0.419. The maximum absolute atomic E-state index is 13.0. The maximum atomic E-state index is 13.0. The molecule has 2 N–H and O–H groups in total. The van der Waals surface area contributed by atoms with Crippen molar-refractivity contribution >= 4 is 84.0 Å². The molecule has 3 aromatic carbocycles. The van der Waals surface area contributed by atoms with Crippen LogP contribution < -0.4 is 25.0 Å². The zero-order chi connectivity index (χ0) is 29.5. The van der Waals surface area contributed by atoms with Gasteiger partial charge in [0.25, 0.3) is 11.8 Å². The van der Waals surface area contributed by atoms with E-state index < -0.39 is 5.91 Å². The monoisotopic (exact) mass is 722 g/mol. The third kappa shape index (κ3) is 7.91. The molecule has 3 aromatic rings. The fraction of sp³-hybridized carbons (Fsp3) is 0.276. The van der Waals surface area contributed by atoms with Crippen LogP contribution in [0.25, 0.3) is 0 Å². The van der Waals surface area contributed by atoms with Gasteiger partial charge in [-0.1, -0.05) is 34.5 Å². The molecule has 216 valence electrons. The molecule has 1 saturated heterocycles. The molecule has 0 spiro atoms. The summed E-state index contributed by atoms with van der Waals surface area (Å²) >= 11 is 18.8. The standard InChI is InChI=1S/C29H29Br2ClN4O4S/c1-3-14-40-21-7-4-18(5-8-21)28(38)36-12-10-35(11-13-36)25-9-6-20(17-24(25)32)33-29(41)34-27(37)22-15-19(30)16-23(31)26(22)39-2/h4-9,15-17H,3,10-14H2,1-2H3,(H2,33,34,37,41). The predicted octanol–water partition coefficient (Wildman–Crippen LogP) is 6.75. The van der Waals surface area contributed by atoms with Gasteiger partial charge in [0.2, 0.25) is 0 Å². The number of thiocarbonyl (C=S) groups is 1. The molecule has 0 saturated carbocycles. The molecule has 0 unspecified atom stereocenters. The number of benzene rings is 3.